The fourth-order valence-electron chi connectivity index (χ4n) is 4.02. The molecule has 24 heavy (non-hydrogen) atoms. The smallest absolute Gasteiger partial charge is 0.0628 e. The molecule has 140 valence electrons. The van der Waals surface area contributed by atoms with Gasteiger partial charge >= 0.3 is 0 Å². The lowest BCUT2D eigenvalue weighted by molar-refractivity contribution is -0.146. The largest absolute Gasteiger partial charge is 0.375 e. The molecule has 0 bridgehead atoms. The highest BCUT2D eigenvalue weighted by atomic mass is 16.5. The van der Waals surface area contributed by atoms with Gasteiger partial charge in [-0.05, 0) is 46.6 Å². The molecular weight excluding hydrogens is 302 g/mol. The Hall–Kier alpha value is -0.200. The maximum absolute atomic E-state index is 6.27. The summed E-state index contributed by atoms with van der Waals surface area (Å²) in [4.78, 5) is 7.67. The van der Waals surface area contributed by atoms with Crippen LogP contribution >= 0.6 is 0 Å². The molecule has 0 spiro atoms. The van der Waals surface area contributed by atoms with E-state index in [1.54, 1.807) is 0 Å². The molecule has 5 nitrogen and oxygen atoms in total. The van der Waals surface area contributed by atoms with Crippen LogP contribution in [0.4, 0.5) is 0 Å². The standard InChI is InChI=1S/C19H37N3O2/c1-16(2)23-18-14-19(15-18)24-17-4-6-21(7-5-17)12-13-22-10-8-20(3)9-11-22/h16-19H,4-15H2,1-3H3/t18-,19-. The van der Waals surface area contributed by atoms with Crippen molar-refractivity contribution in [3.63, 3.8) is 0 Å². The van der Waals surface area contributed by atoms with Crippen LogP contribution < -0.4 is 0 Å². The number of ether oxygens (including phenoxy) is 2. The summed E-state index contributed by atoms with van der Waals surface area (Å²) in [5.41, 5.74) is 0. The molecule has 0 aromatic heterocycles. The van der Waals surface area contributed by atoms with E-state index in [2.05, 4.69) is 35.6 Å². The molecule has 2 saturated heterocycles. The lowest BCUT2D eigenvalue weighted by Crippen LogP contribution is -2.48. The number of rotatable bonds is 7. The number of piperidine rings is 1. The lowest BCUT2D eigenvalue weighted by Gasteiger charge is -2.41. The molecule has 0 aromatic carbocycles. The number of likely N-dealkylation sites (tertiary alicyclic amines) is 1. The van der Waals surface area contributed by atoms with Crippen molar-refractivity contribution >= 4 is 0 Å². The van der Waals surface area contributed by atoms with Gasteiger partial charge in [-0.2, -0.15) is 0 Å². The van der Waals surface area contributed by atoms with Crippen LogP contribution in [0.25, 0.3) is 0 Å². The van der Waals surface area contributed by atoms with Crippen LogP contribution in [0, 0.1) is 0 Å². The molecule has 0 N–H and O–H groups in total. The predicted octanol–water partition coefficient (Wildman–Crippen LogP) is 1.67. The zero-order valence-electron chi connectivity index (χ0n) is 16.0. The Morgan fingerprint density at radius 2 is 1.38 bits per heavy atom. The first-order chi connectivity index (χ1) is 11.6. The molecule has 5 heteroatoms. The van der Waals surface area contributed by atoms with E-state index in [0.717, 1.165) is 12.8 Å². The Morgan fingerprint density at radius 3 is 1.96 bits per heavy atom. The molecule has 0 aromatic rings. The van der Waals surface area contributed by atoms with Crippen molar-refractivity contribution in [2.24, 2.45) is 0 Å². The second-order valence-electron chi connectivity index (χ2n) is 8.22. The van der Waals surface area contributed by atoms with Crippen LogP contribution in [0.1, 0.15) is 39.5 Å². The van der Waals surface area contributed by atoms with Gasteiger partial charge in [0.25, 0.3) is 0 Å². The molecule has 0 atom stereocenters. The topological polar surface area (TPSA) is 28.2 Å². The van der Waals surface area contributed by atoms with E-state index >= 15 is 0 Å². The van der Waals surface area contributed by atoms with E-state index < -0.39 is 0 Å². The molecule has 0 amide bonds. The number of nitrogens with zero attached hydrogens (tertiary/aromatic N) is 3. The number of hydrogen-bond acceptors (Lipinski definition) is 5. The zero-order valence-corrected chi connectivity index (χ0v) is 16.0. The van der Waals surface area contributed by atoms with Crippen LogP contribution in [-0.2, 0) is 9.47 Å². The third-order valence-electron chi connectivity index (χ3n) is 5.76. The molecule has 3 aliphatic rings. The Balaban J connectivity index is 1.24. The highest BCUT2D eigenvalue weighted by Gasteiger charge is 2.34. The molecule has 0 radical (unpaired) electrons. The highest BCUT2D eigenvalue weighted by molar-refractivity contribution is 4.84. The first-order valence-corrected chi connectivity index (χ1v) is 10.0. The van der Waals surface area contributed by atoms with Gasteiger partial charge in [-0.15, -0.1) is 0 Å². The van der Waals surface area contributed by atoms with Crippen LogP contribution in [0.15, 0.2) is 0 Å². The Bertz CT molecular complexity index is 358. The molecule has 3 rings (SSSR count). The molecule has 2 heterocycles. The fourth-order valence-corrected chi connectivity index (χ4v) is 4.02. The highest BCUT2D eigenvalue weighted by Crippen LogP contribution is 2.30. The van der Waals surface area contributed by atoms with E-state index in [0.29, 0.717) is 24.4 Å². The molecule has 2 aliphatic heterocycles. The summed E-state index contributed by atoms with van der Waals surface area (Å²) in [6, 6.07) is 0. The first kappa shape index (κ1) is 18.6. The molecule has 3 fully saturated rings. The third-order valence-corrected chi connectivity index (χ3v) is 5.76. The van der Waals surface area contributed by atoms with Gasteiger partial charge in [0.1, 0.15) is 0 Å². The van der Waals surface area contributed by atoms with Crippen molar-refractivity contribution in [2.45, 2.75) is 63.9 Å². The van der Waals surface area contributed by atoms with E-state index in [4.69, 9.17) is 9.47 Å². The number of piperazine rings is 1. The SMILES string of the molecule is CC(C)O[C@H]1C[C@H](OC2CCN(CCN3CCN(C)CC3)CC2)C1. The molecule has 1 saturated carbocycles. The summed E-state index contributed by atoms with van der Waals surface area (Å²) in [5.74, 6) is 0. The normalized spacial score (nSPS) is 31.5. The summed E-state index contributed by atoms with van der Waals surface area (Å²) in [6.07, 6.45) is 6.33. The van der Waals surface area contributed by atoms with Gasteiger partial charge < -0.3 is 19.3 Å². The average Bonchev–Trinajstić information content (AvgIpc) is 2.53. The van der Waals surface area contributed by atoms with E-state index in [1.807, 2.05) is 0 Å². The second-order valence-corrected chi connectivity index (χ2v) is 8.22. The minimum absolute atomic E-state index is 0.347. The van der Waals surface area contributed by atoms with Crippen molar-refractivity contribution in [3.8, 4) is 0 Å². The van der Waals surface area contributed by atoms with E-state index in [1.165, 1.54) is 65.2 Å². The van der Waals surface area contributed by atoms with E-state index in [-0.39, 0.29) is 0 Å². The van der Waals surface area contributed by atoms with Gasteiger partial charge in [-0.3, -0.25) is 4.90 Å². The summed E-state index contributed by atoms with van der Waals surface area (Å²) in [6.45, 7) is 14.0. The molecular formula is C19H37N3O2. The van der Waals surface area contributed by atoms with Crippen LogP contribution in [0.2, 0.25) is 0 Å². The maximum Gasteiger partial charge on any atom is 0.0628 e. The molecule has 0 unspecified atom stereocenters. The van der Waals surface area contributed by atoms with Crippen LogP contribution in [0.5, 0.6) is 0 Å². The van der Waals surface area contributed by atoms with Crippen LogP contribution in [0.3, 0.4) is 0 Å². The van der Waals surface area contributed by atoms with Gasteiger partial charge in [0.15, 0.2) is 0 Å². The Morgan fingerprint density at radius 1 is 0.792 bits per heavy atom. The summed E-state index contributed by atoms with van der Waals surface area (Å²) >= 11 is 0. The monoisotopic (exact) mass is 339 g/mol. The lowest BCUT2D eigenvalue weighted by atomic mass is 9.91. The van der Waals surface area contributed by atoms with Crippen molar-refractivity contribution < 1.29 is 9.47 Å². The van der Waals surface area contributed by atoms with Gasteiger partial charge in [0, 0.05) is 52.4 Å². The second kappa shape index (κ2) is 8.95. The maximum atomic E-state index is 6.27. The van der Waals surface area contributed by atoms with Crippen LogP contribution in [-0.4, -0.2) is 98.5 Å². The first-order valence-electron chi connectivity index (χ1n) is 10.0. The van der Waals surface area contributed by atoms with Gasteiger partial charge in [0.2, 0.25) is 0 Å². The third kappa shape index (κ3) is 5.67. The predicted molar refractivity (Wildman–Crippen MR) is 97.5 cm³/mol. The van der Waals surface area contributed by atoms with Crippen molar-refractivity contribution in [2.75, 3.05) is 59.4 Å². The average molecular weight is 340 g/mol. The summed E-state index contributed by atoms with van der Waals surface area (Å²) in [7, 11) is 2.22. The van der Waals surface area contributed by atoms with Crippen molar-refractivity contribution in [3.05, 3.63) is 0 Å². The molecule has 1 aliphatic carbocycles. The van der Waals surface area contributed by atoms with Gasteiger partial charge in [-0.1, -0.05) is 0 Å². The number of hydrogen-bond donors (Lipinski definition) is 0. The van der Waals surface area contributed by atoms with Crippen molar-refractivity contribution in [1.82, 2.24) is 14.7 Å². The zero-order chi connectivity index (χ0) is 16.9. The van der Waals surface area contributed by atoms with Gasteiger partial charge in [-0.25, -0.2) is 0 Å². The van der Waals surface area contributed by atoms with E-state index in [9.17, 15) is 0 Å². The van der Waals surface area contributed by atoms with Gasteiger partial charge in [0.05, 0.1) is 24.4 Å². The summed E-state index contributed by atoms with van der Waals surface area (Å²) < 4.78 is 12.1. The summed E-state index contributed by atoms with van der Waals surface area (Å²) in [5, 5.41) is 0. The minimum atomic E-state index is 0.347. The van der Waals surface area contributed by atoms with Crippen molar-refractivity contribution in [1.29, 1.82) is 0 Å². The quantitative estimate of drug-likeness (QED) is 0.704. The fraction of sp³-hybridized carbons (Fsp3) is 1.00. The Kier molecular flexibility index (Phi) is 6.93. The Labute approximate surface area is 148 Å². The number of likely N-dealkylation sites (N-methyl/N-ethyl adjacent to an activating group) is 1. The minimum Gasteiger partial charge on any atom is -0.375 e.